The van der Waals surface area contributed by atoms with Crippen LogP contribution in [0.25, 0.3) is 0 Å². The first-order valence-corrected chi connectivity index (χ1v) is 2.61. The molecule has 0 amide bonds. The fourth-order valence-corrected chi connectivity index (χ4v) is 0.448. The van der Waals surface area contributed by atoms with Crippen molar-refractivity contribution in [2.24, 2.45) is 0 Å². The predicted molar refractivity (Wildman–Crippen MR) is 31.7 cm³/mol. The van der Waals surface area contributed by atoms with Gasteiger partial charge in [-0.2, -0.15) is 0 Å². The monoisotopic (exact) mass is 142 g/mol. The maximum atomic E-state index is 10.4. The largest absolute Gasteiger partial charge is 0.513 e. The van der Waals surface area contributed by atoms with Crippen LogP contribution in [0.2, 0.25) is 0 Å². The number of hydrogen-bond donors (Lipinski definition) is 0. The average Bonchev–Trinajstić information content (AvgIpc) is 2.40. The minimum Gasteiger partial charge on any atom is -0.469 e. The first kappa shape index (κ1) is 6.67. The first-order chi connectivity index (χ1) is 4.83. The first-order valence-electron chi connectivity index (χ1n) is 2.61. The van der Waals surface area contributed by atoms with E-state index in [2.05, 4.69) is 13.9 Å². The Labute approximate surface area is 57.3 Å². The Kier molecular flexibility index (Phi) is 1.94. The number of ether oxygens (including phenoxy) is 2. The molecule has 0 spiro atoms. The van der Waals surface area contributed by atoms with E-state index in [1.54, 1.807) is 0 Å². The highest BCUT2D eigenvalue weighted by Gasteiger charge is 2.02. The normalized spacial score (nSPS) is 8.90. The standard InChI is InChI=1S/C6H6O4/c1-8-6(7)10-5-2-3-9-4-5/h2-4H,1H3. The van der Waals surface area contributed by atoms with Crippen LogP contribution in [0.15, 0.2) is 23.0 Å². The van der Waals surface area contributed by atoms with Crippen LogP contribution in [0.4, 0.5) is 4.79 Å². The van der Waals surface area contributed by atoms with Gasteiger partial charge in [-0.3, -0.25) is 0 Å². The summed E-state index contributed by atoms with van der Waals surface area (Å²) in [5, 5.41) is 0. The minimum atomic E-state index is -0.749. The van der Waals surface area contributed by atoms with Crippen LogP contribution in [0, 0.1) is 0 Å². The second-order valence-electron chi connectivity index (χ2n) is 1.52. The van der Waals surface area contributed by atoms with Crippen molar-refractivity contribution in [1.29, 1.82) is 0 Å². The summed E-state index contributed by atoms with van der Waals surface area (Å²) in [6.07, 6.45) is 1.95. The Morgan fingerprint density at radius 1 is 1.70 bits per heavy atom. The number of hydrogen-bond acceptors (Lipinski definition) is 4. The summed E-state index contributed by atoms with van der Waals surface area (Å²) in [5.41, 5.74) is 0. The SMILES string of the molecule is COC(=O)Oc1ccoc1. The molecule has 1 aromatic rings. The van der Waals surface area contributed by atoms with Gasteiger partial charge in [0.15, 0.2) is 5.75 Å². The topological polar surface area (TPSA) is 48.7 Å². The van der Waals surface area contributed by atoms with E-state index in [-0.39, 0.29) is 0 Å². The third-order valence-corrected chi connectivity index (χ3v) is 0.863. The summed E-state index contributed by atoms with van der Waals surface area (Å²) in [4.78, 5) is 10.4. The second-order valence-corrected chi connectivity index (χ2v) is 1.52. The van der Waals surface area contributed by atoms with Crippen molar-refractivity contribution in [1.82, 2.24) is 0 Å². The van der Waals surface area contributed by atoms with Gasteiger partial charge in [0.25, 0.3) is 0 Å². The Morgan fingerprint density at radius 2 is 2.50 bits per heavy atom. The molecule has 0 aliphatic rings. The highest BCUT2D eigenvalue weighted by molar-refractivity contribution is 5.63. The summed E-state index contributed by atoms with van der Waals surface area (Å²) < 4.78 is 13.4. The molecule has 4 heteroatoms. The van der Waals surface area contributed by atoms with Gasteiger partial charge in [-0.25, -0.2) is 4.79 Å². The molecule has 0 aliphatic carbocycles. The Hall–Kier alpha value is -1.45. The smallest absolute Gasteiger partial charge is 0.469 e. The van der Waals surface area contributed by atoms with Crippen LogP contribution in [-0.2, 0) is 4.74 Å². The Morgan fingerprint density at radius 3 is 3.00 bits per heavy atom. The molecule has 0 unspecified atom stereocenters. The van der Waals surface area contributed by atoms with Crippen LogP contribution in [0.5, 0.6) is 5.75 Å². The quantitative estimate of drug-likeness (QED) is 0.556. The van der Waals surface area contributed by atoms with Gasteiger partial charge in [0.05, 0.1) is 13.4 Å². The molecule has 0 saturated heterocycles. The molecule has 1 rings (SSSR count). The van der Waals surface area contributed by atoms with Crippen molar-refractivity contribution < 1.29 is 18.7 Å². The van der Waals surface area contributed by atoms with Gasteiger partial charge < -0.3 is 13.9 Å². The van der Waals surface area contributed by atoms with Gasteiger partial charge in [-0.05, 0) is 0 Å². The van der Waals surface area contributed by atoms with E-state index in [9.17, 15) is 4.79 Å². The van der Waals surface area contributed by atoms with Crippen LogP contribution < -0.4 is 4.74 Å². The molecule has 0 fully saturated rings. The number of methoxy groups -OCH3 is 1. The molecule has 0 atom stereocenters. The third-order valence-electron chi connectivity index (χ3n) is 0.863. The van der Waals surface area contributed by atoms with E-state index in [1.807, 2.05) is 0 Å². The molecular weight excluding hydrogens is 136 g/mol. The van der Waals surface area contributed by atoms with Crippen LogP contribution in [0.3, 0.4) is 0 Å². The van der Waals surface area contributed by atoms with Gasteiger partial charge in [-0.1, -0.05) is 0 Å². The molecule has 0 aliphatic heterocycles. The van der Waals surface area contributed by atoms with Gasteiger partial charge in [0, 0.05) is 6.07 Å². The van der Waals surface area contributed by atoms with Gasteiger partial charge in [0.2, 0.25) is 0 Å². The number of carbonyl (C=O) groups excluding carboxylic acids is 1. The Balaban J connectivity index is 2.48. The summed E-state index contributed by atoms with van der Waals surface area (Å²) in [6, 6.07) is 1.51. The van der Waals surface area contributed by atoms with Crippen LogP contribution >= 0.6 is 0 Å². The molecule has 1 heterocycles. The Bertz CT molecular complexity index is 202. The van der Waals surface area contributed by atoms with Gasteiger partial charge >= 0.3 is 6.16 Å². The van der Waals surface area contributed by atoms with Crippen molar-refractivity contribution in [2.45, 2.75) is 0 Å². The summed E-state index contributed by atoms with van der Waals surface area (Å²) in [7, 11) is 1.24. The number of rotatable bonds is 1. The molecule has 0 bridgehead atoms. The van der Waals surface area contributed by atoms with E-state index in [1.165, 1.54) is 25.7 Å². The van der Waals surface area contributed by atoms with E-state index < -0.39 is 6.16 Å². The van der Waals surface area contributed by atoms with Gasteiger partial charge in [-0.15, -0.1) is 0 Å². The fourth-order valence-electron chi connectivity index (χ4n) is 0.448. The van der Waals surface area contributed by atoms with Crippen LogP contribution in [0.1, 0.15) is 0 Å². The average molecular weight is 142 g/mol. The summed E-state index contributed by atoms with van der Waals surface area (Å²) in [5.74, 6) is 0.340. The number of carbonyl (C=O) groups is 1. The highest BCUT2D eigenvalue weighted by Crippen LogP contribution is 2.09. The van der Waals surface area contributed by atoms with Gasteiger partial charge in [0.1, 0.15) is 6.26 Å². The molecular formula is C6H6O4. The lowest BCUT2D eigenvalue weighted by atomic mass is 10.6. The molecule has 0 saturated carbocycles. The minimum absolute atomic E-state index is 0.340. The lowest BCUT2D eigenvalue weighted by Gasteiger charge is -1.95. The van der Waals surface area contributed by atoms with E-state index in [4.69, 9.17) is 0 Å². The molecule has 0 radical (unpaired) electrons. The van der Waals surface area contributed by atoms with E-state index in [0.29, 0.717) is 5.75 Å². The maximum Gasteiger partial charge on any atom is 0.513 e. The van der Waals surface area contributed by atoms with Crippen molar-refractivity contribution in [3.05, 3.63) is 18.6 Å². The molecule has 54 valence electrons. The molecule has 10 heavy (non-hydrogen) atoms. The summed E-state index contributed by atoms with van der Waals surface area (Å²) >= 11 is 0. The van der Waals surface area contributed by atoms with Crippen molar-refractivity contribution in [3.63, 3.8) is 0 Å². The zero-order chi connectivity index (χ0) is 7.40. The zero-order valence-electron chi connectivity index (χ0n) is 5.37. The van der Waals surface area contributed by atoms with E-state index >= 15 is 0 Å². The molecule has 1 aromatic heterocycles. The summed E-state index contributed by atoms with van der Waals surface area (Å²) in [6.45, 7) is 0. The van der Waals surface area contributed by atoms with Crippen molar-refractivity contribution >= 4 is 6.16 Å². The predicted octanol–water partition coefficient (Wildman–Crippen LogP) is 1.42. The lowest BCUT2D eigenvalue weighted by Crippen LogP contribution is -2.06. The second kappa shape index (κ2) is 2.91. The fraction of sp³-hybridized carbons (Fsp3) is 0.167. The molecule has 0 N–H and O–H groups in total. The highest BCUT2D eigenvalue weighted by atomic mass is 16.7. The van der Waals surface area contributed by atoms with Crippen LogP contribution in [-0.4, -0.2) is 13.3 Å². The van der Waals surface area contributed by atoms with Crippen molar-refractivity contribution in [3.8, 4) is 5.75 Å². The maximum absolute atomic E-state index is 10.4. The van der Waals surface area contributed by atoms with Crippen molar-refractivity contribution in [2.75, 3.05) is 7.11 Å². The lowest BCUT2D eigenvalue weighted by molar-refractivity contribution is 0.121. The molecule has 4 nitrogen and oxygen atoms in total. The molecule has 0 aromatic carbocycles. The number of furan rings is 1. The third kappa shape index (κ3) is 1.51. The van der Waals surface area contributed by atoms with E-state index in [0.717, 1.165) is 0 Å². The zero-order valence-corrected chi connectivity index (χ0v) is 5.37.